The van der Waals surface area contributed by atoms with Crippen molar-refractivity contribution in [2.24, 2.45) is 0 Å². The molecule has 0 aromatic heterocycles. The number of piperazine rings is 1. The van der Waals surface area contributed by atoms with Crippen LogP contribution in [0.3, 0.4) is 0 Å². The van der Waals surface area contributed by atoms with E-state index in [0.29, 0.717) is 19.5 Å². The van der Waals surface area contributed by atoms with Crippen LogP contribution in [0.15, 0.2) is 18.2 Å². The molecule has 112 valence electrons. The molecule has 2 rings (SSSR count). The van der Waals surface area contributed by atoms with Gasteiger partial charge < -0.3 is 10.2 Å². The summed E-state index contributed by atoms with van der Waals surface area (Å²) >= 11 is 5.83. The van der Waals surface area contributed by atoms with Gasteiger partial charge in [0, 0.05) is 24.2 Å². The Labute approximate surface area is 126 Å². The molecule has 0 radical (unpaired) electrons. The molecule has 1 unspecified atom stereocenters. The van der Waals surface area contributed by atoms with Gasteiger partial charge in [0.15, 0.2) is 0 Å². The van der Waals surface area contributed by atoms with Crippen molar-refractivity contribution >= 4 is 29.1 Å². The van der Waals surface area contributed by atoms with Crippen LogP contribution >= 0.6 is 11.6 Å². The molecule has 1 aliphatic rings. The summed E-state index contributed by atoms with van der Waals surface area (Å²) in [4.78, 5) is 36.1. The lowest BCUT2D eigenvalue weighted by Gasteiger charge is -2.34. The van der Waals surface area contributed by atoms with Crippen molar-refractivity contribution < 1.29 is 14.5 Å². The Morgan fingerprint density at radius 3 is 2.90 bits per heavy atom. The summed E-state index contributed by atoms with van der Waals surface area (Å²) in [6.07, 6.45) is 0.436. The molecule has 0 aliphatic carbocycles. The molecule has 0 spiro atoms. The van der Waals surface area contributed by atoms with Crippen LogP contribution in [-0.2, 0) is 4.79 Å². The lowest BCUT2D eigenvalue weighted by molar-refractivity contribution is -0.385. The topological polar surface area (TPSA) is 92.6 Å². The molecule has 1 N–H and O–H groups in total. The van der Waals surface area contributed by atoms with Gasteiger partial charge in [-0.2, -0.15) is 0 Å². The number of hydrogen-bond acceptors (Lipinski definition) is 4. The van der Waals surface area contributed by atoms with Crippen LogP contribution in [0, 0.1) is 10.1 Å². The summed E-state index contributed by atoms with van der Waals surface area (Å²) < 4.78 is 0. The van der Waals surface area contributed by atoms with Crippen molar-refractivity contribution in [3.8, 4) is 0 Å². The highest BCUT2D eigenvalue weighted by atomic mass is 35.5. The molecule has 1 aliphatic heterocycles. The van der Waals surface area contributed by atoms with Gasteiger partial charge in [-0.1, -0.05) is 18.5 Å². The van der Waals surface area contributed by atoms with Crippen LogP contribution in [0.5, 0.6) is 0 Å². The van der Waals surface area contributed by atoms with Crippen LogP contribution in [0.4, 0.5) is 5.69 Å². The molecule has 1 fully saturated rings. The summed E-state index contributed by atoms with van der Waals surface area (Å²) in [5.41, 5.74) is -0.411. The molecular formula is C13H14ClN3O4. The molecule has 0 bridgehead atoms. The molecule has 0 saturated carbocycles. The molecule has 8 heteroatoms. The minimum Gasteiger partial charge on any atom is -0.353 e. The van der Waals surface area contributed by atoms with Gasteiger partial charge in [-0.25, -0.2) is 0 Å². The van der Waals surface area contributed by atoms with Gasteiger partial charge in [0.05, 0.1) is 4.92 Å². The Morgan fingerprint density at radius 1 is 1.57 bits per heavy atom. The third-order valence-electron chi connectivity index (χ3n) is 3.36. The number of nitrogens with one attached hydrogen (secondary N) is 1. The van der Waals surface area contributed by atoms with E-state index in [1.54, 1.807) is 6.92 Å². The van der Waals surface area contributed by atoms with E-state index in [0.717, 1.165) is 0 Å². The predicted molar refractivity (Wildman–Crippen MR) is 76.2 cm³/mol. The number of nitro groups is 1. The Hall–Kier alpha value is -2.15. The van der Waals surface area contributed by atoms with Crippen LogP contribution in [0.2, 0.25) is 5.02 Å². The van der Waals surface area contributed by atoms with Gasteiger partial charge in [0.1, 0.15) is 11.6 Å². The van der Waals surface area contributed by atoms with Crippen molar-refractivity contribution in [2.75, 3.05) is 13.1 Å². The van der Waals surface area contributed by atoms with Gasteiger partial charge in [0.2, 0.25) is 5.91 Å². The van der Waals surface area contributed by atoms with E-state index in [1.807, 2.05) is 0 Å². The van der Waals surface area contributed by atoms with E-state index < -0.39 is 16.9 Å². The first-order valence-electron chi connectivity index (χ1n) is 6.48. The van der Waals surface area contributed by atoms with E-state index in [9.17, 15) is 19.7 Å². The number of nitro benzene ring substituents is 1. The molecule has 1 atom stereocenters. The van der Waals surface area contributed by atoms with Crippen molar-refractivity contribution in [1.29, 1.82) is 0 Å². The van der Waals surface area contributed by atoms with Crippen LogP contribution in [0.1, 0.15) is 23.7 Å². The Kier molecular flexibility index (Phi) is 4.42. The van der Waals surface area contributed by atoms with Gasteiger partial charge in [-0.3, -0.25) is 19.7 Å². The Bertz CT molecular complexity index is 605. The summed E-state index contributed by atoms with van der Waals surface area (Å²) in [6, 6.07) is 3.20. The van der Waals surface area contributed by atoms with Crippen molar-refractivity contribution in [2.45, 2.75) is 19.4 Å². The molecule has 1 saturated heterocycles. The van der Waals surface area contributed by atoms with E-state index in [1.165, 1.54) is 23.1 Å². The largest absolute Gasteiger partial charge is 0.353 e. The SMILES string of the molecule is CCC1C(=O)NCCN1C(=O)c1cc(Cl)ccc1[N+](=O)[O-]. The average molecular weight is 312 g/mol. The highest BCUT2D eigenvalue weighted by Crippen LogP contribution is 2.25. The zero-order valence-electron chi connectivity index (χ0n) is 11.3. The van der Waals surface area contributed by atoms with Crippen molar-refractivity contribution in [3.05, 3.63) is 38.9 Å². The van der Waals surface area contributed by atoms with Gasteiger partial charge >= 0.3 is 0 Å². The Morgan fingerprint density at radius 2 is 2.29 bits per heavy atom. The molecular weight excluding hydrogens is 298 g/mol. The number of benzene rings is 1. The third kappa shape index (κ3) is 2.97. The maximum atomic E-state index is 12.6. The predicted octanol–water partition coefficient (Wildman–Crippen LogP) is 1.60. The first kappa shape index (κ1) is 15.2. The standard InChI is InChI=1S/C13H14ClN3O4/c1-2-10-12(18)15-5-6-16(10)13(19)9-7-8(14)3-4-11(9)17(20)21/h3-4,7,10H,2,5-6H2,1H3,(H,15,18). The zero-order valence-corrected chi connectivity index (χ0v) is 12.1. The first-order valence-corrected chi connectivity index (χ1v) is 6.86. The minimum absolute atomic E-state index is 0.0966. The quantitative estimate of drug-likeness (QED) is 0.678. The number of rotatable bonds is 3. The van der Waals surface area contributed by atoms with E-state index >= 15 is 0 Å². The number of carbonyl (C=O) groups excluding carboxylic acids is 2. The van der Waals surface area contributed by atoms with Crippen LogP contribution in [0.25, 0.3) is 0 Å². The average Bonchev–Trinajstić information content (AvgIpc) is 2.45. The highest BCUT2D eigenvalue weighted by Gasteiger charge is 2.34. The van der Waals surface area contributed by atoms with Gasteiger partial charge in [0.25, 0.3) is 11.6 Å². The van der Waals surface area contributed by atoms with Crippen molar-refractivity contribution in [1.82, 2.24) is 10.2 Å². The second-order valence-corrected chi connectivity index (χ2v) is 5.07. The fourth-order valence-electron chi connectivity index (χ4n) is 2.36. The summed E-state index contributed by atoms with van der Waals surface area (Å²) in [5.74, 6) is -0.798. The molecule has 1 heterocycles. The maximum Gasteiger partial charge on any atom is 0.282 e. The summed E-state index contributed by atoms with van der Waals surface area (Å²) in [5, 5.41) is 14.0. The number of hydrogen-bond donors (Lipinski definition) is 1. The fourth-order valence-corrected chi connectivity index (χ4v) is 2.53. The molecule has 2 amide bonds. The number of halogens is 1. The van der Waals surface area contributed by atoms with Crippen LogP contribution in [-0.4, -0.2) is 40.8 Å². The smallest absolute Gasteiger partial charge is 0.282 e. The fraction of sp³-hybridized carbons (Fsp3) is 0.385. The zero-order chi connectivity index (χ0) is 15.6. The highest BCUT2D eigenvalue weighted by molar-refractivity contribution is 6.31. The number of nitrogens with zero attached hydrogens (tertiary/aromatic N) is 2. The molecule has 1 aromatic carbocycles. The molecule has 1 aromatic rings. The Balaban J connectivity index is 2.41. The van der Waals surface area contributed by atoms with E-state index in [2.05, 4.69) is 5.32 Å². The van der Waals surface area contributed by atoms with E-state index in [4.69, 9.17) is 11.6 Å². The second-order valence-electron chi connectivity index (χ2n) is 4.63. The minimum atomic E-state index is -0.630. The third-order valence-corrected chi connectivity index (χ3v) is 3.60. The van der Waals surface area contributed by atoms with Gasteiger partial charge in [-0.05, 0) is 18.6 Å². The molecule has 7 nitrogen and oxygen atoms in total. The maximum absolute atomic E-state index is 12.6. The first-order chi connectivity index (χ1) is 9.95. The molecule has 21 heavy (non-hydrogen) atoms. The summed E-state index contributed by atoms with van der Waals surface area (Å²) in [6.45, 7) is 2.42. The normalized spacial score (nSPS) is 18.3. The van der Waals surface area contributed by atoms with E-state index in [-0.39, 0.29) is 22.2 Å². The lowest BCUT2D eigenvalue weighted by Crippen LogP contribution is -2.56. The second kappa shape index (κ2) is 6.09. The van der Waals surface area contributed by atoms with Crippen molar-refractivity contribution in [3.63, 3.8) is 0 Å². The van der Waals surface area contributed by atoms with Crippen LogP contribution < -0.4 is 5.32 Å². The number of carbonyl (C=O) groups is 2. The monoisotopic (exact) mass is 311 g/mol. The number of amides is 2. The lowest BCUT2D eigenvalue weighted by atomic mass is 10.1. The summed E-state index contributed by atoms with van der Waals surface area (Å²) in [7, 11) is 0. The van der Waals surface area contributed by atoms with Gasteiger partial charge in [-0.15, -0.1) is 0 Å².